The van der Waals surface area contributed by atoms with Gasteiger partial charge in [-0.05, 0) is 36.0 Å². The van der Waals surface area contributed by atoms with E-state index in [1.807, 2.05) is 0 Å². The fraction of sp³-hybridized carbons (Fsp3) is 0.100. The van der Waals surface area contributed by atoms with Gasteiger partial charge >= 0.3 is 6.85 Å². The monoisotopic (exact) mass is 283 g/mol. The van der Waals surface area contributed by atoms with Gasteiger partial charge in [0.2, 0.25) is 0 Å². The van der Waals surface area contributed by atoms with Crippen LogP contribution in [-0.4, -0.2) is 6.85 Å². The highest BCUT2D eigenvalue weighted by atomic mass is 14.8. The molecule has 106 valence electrons. The molecule has 3 aromatic rings. The van der Waals surface area contributed by atoms with E-state index in [-0.39, 0.29) is 6.85 Å². The summed E-state index contributed by atoms with van der Waals surface area (Å²) in [5, 5.41) is 3.78. The molecule has 1 aliphatic rings. The number of benzene rings is 3. The number of fused-ring (bicyclic) bond motifs is 3. The number of anilines is 1. The smallest absolute Gasteiger partial charge is 0.321 e. The van der Waals surface area contributed by atoms with Crippen molar-refractivity contribution in [2.75, 3.05) is 5.23 Å². The molecule has 0 spiro atoms. The highest BCUT2D eigenvalue weighted by Gasteiger charge is 2.29. The zero-order valence-electron chi connectivity index (χ0n) is 12.9. The van der Waals surface area contributed by atoms with E-state index in [2.05, 4.69) is 85.8 Å². The van der Waals surface area contributed by atoms with Crippen molar-refractivity contribution in [1.29, 1.82) is 0 Å². The predicted octanol–water partition coefficient (Wildman–Crippen LogP) is 3.50. The Morgan fingerprint density at radius 1 is 0.727 bits per heavy atom. The van der Waals surface area contributed by atoms with E-state index in [9.17, 15) is 0 Å². The molecule has 4 rings (SSSR count). The minimum Gasteiger partial charge on any atom is -0.419 e. The third-order valence-electron chi connectivity index (χ3n) is 4.72. The molecule has 0 fully saturated rings. The lowest BCUT2D eigenvalue weighted by molar-refractivity contribution is 1.34. The zero-order valence-corrected chi connectivity index (χ0v) is 12.9. The van der Waals surface area contributed by atoms with E-state index in [1.54, 1.807) is 0 Å². The van der Waals surface area contributed by atoms with E-state index >= 15 is 0 Å². The molecule has 0 unspecified atom stereocenters. The summed E-state index contributed by atoms with van der Waals surface area (Å²) in [7, 11) is 0. The Hall–Kier alpha value is -2.48. The third-order valence-corrected chi connectivity index (χ3v) is 4.72. The van der Waals surface area contributed by atoms with Crippen LogP contribution in [0.25, 0.3) is 11.1 Å². The van der Waals surface area contributed by atoms with Crippen molar-refractivity contribution < 1.29 is 0 Å². The van der Waals surface area contributed by atoms with Crippen LogP contribution in [0.3, 0.4) is 0 Å². The van der Waals surface area contributed by atoms with Crippen molar-refractivity contribution in [3.05, 3.63) is 77.9 Å². The summed E-state index contributed by atoms with van der Waals surface area (Å²) >= 11 is 0. The van der Waals surface area contributed by atoms with Gasteiger partial charge in [0, 0.05) is 11.3 Å². The minimum absolute atomic E-state index is 0.213. The normalized spacial score (nSPS) is 12.4. The van der Waals surface area contributed by atoms with Crippen molar-refractivity contribution in [3.63, 3.8) is 0 Å². The lowest BCUT2D eigenvalue weighted by atomic mass is 9.47. The maximum Gasteiger partial charge on any atom is 0.321 e. The largest absolute Gasteiger partial charge is 0.419 e. The van der Waals surface area contributed by atoms with Crippen LogP contribution in [-0.2, 0) is 0 Å². The summed E-state index contributed by atoms with van der Waals surface area (Å²) < 4.78 is 0. The SMILES string of the molecule is Cc1ccc2c(c1C)NB(c1ccccc1)c1ccccc1-2. The van der Waals surface area contributed by atoms with Crippen LogP contribution in [0.4, 0.5) is 5.69 Å². The fourth-order valence-corrected chi connectivity index (χ4v) is 3.35. The molecule has 22 heavy (non-hydrogen) atoms. The highest BCUT2D eigenvalue weighted by molar-refractivity contribution is 6.89. The van der Waals surface area contributed by atoms with Crippen LogP contribution >= 0.6 is 0 Å². The summed E-state index contributed by atoms with van der Waals surface area (Å²) in [6.45, 7) is 4.59. The number of hydrogen-bond donors (Lipinski definition) is 1. The van der Waals surface area contributed by atoms with Gasteiger partial charge in [0.25, 0.3) is 0 Å². The lowest BCUT2D eigenvalue weighted by Gasteiger charge is -2.29. The molecule has 1 N–H and O–H groups in total. The predicted molar refractivity (Wildman–Crippen MR) is 96.4 cm³/mol. The average molecular weight is 283 g/mol. The molecule has 1 heterocycles. The molecular weight excluding hydrogens is 265 g/mol. The Balaban J connectivity index is 1.97. The maximum absolute atomic E-state index is 3.78. The standard InChI is InChI=1S/C20H18BN/c1-14-12-13-18-17-10-6-7-11-19(17)21(22-20(18)15(14)2)16-8-4-3-5-9-16/h3-13,22H,1-2H3. The Morgan fingerprint density at radius 3 is 2.27 bits per heavy atom. The van der Waals surface area contributed by atoms with Gasteiger partial charge in [-0.3, -0.25) is 0 Å². The first-order valence-corrected chi connectivity index (χ1v) is 7.76. The van der Waals surface area contributed by atoms with Crippen molar-refractivity contribution in [2.45, 2.75) is 13.8 Å². The van der Waals surface area contributed by atoms with E-state index in [0.717, 1.165) is 0 Å². The number of rotatable bonds is 1. The second-order valence-corrected chi connectivity index (χ2v) is 6.01. The molecule has 0 radical (unpaired) electrons. The van der Waals surface area contributed by atoms with E-state index in [1.165, 1.54) is 38.9 Å². The van der Waals surface area contributed by atoms with Crippen LogP contribution in [0.5, 0.6) is 0 Å². The van der Waals surface area contributed by atoms with Crippen molar-refractivity contribution in [3.8, 4) is 11.1 Å². The molecule has 2 heteroatoms. The molecule has 0 aliphatic carbocycles. The van der Waals surface area contributed by atoms with Crippen molar-refractivity contribution in [2.24, 2.45) is 0 Å². The van der Waals surface area contributed by atoms with Crippen molar-refractivity contribution in [1.82, 2.24) is 0 Å². The van der Waals surface area contributed by atoms with Gasteiger partial charge in [-0.15, -0.1) is 0 Å². The lowest BCUT2D eigenvalue weighted by Crippen LogP contribution is -2.52. The molecule has 1 aliphatic heterocycles. The topological polar surface area (TPSA) is 12.0 Å². The van der Waals surface area contributed by atoms with Gasteiger partial charge in [-0.1, -0.05) is 72.2 Å². The first-order chi connectivity index (χ1) is 10.8. The van der Waals surface area contributed by atoms with E-state index < -0.39 is 0 Å². The average Bonchev–Trinajstić information content (AvgIpc) is 2.58. The quantitative estimate of drug-likeness (QED) is 0.674. The molecule has 0 amide bonds. The first-order valence-electron chi connectivity index (χ1n) is 7.76. The summed E-state index contributed by atoms with van der Waals surface area (Å²) in [5.74, 6) is 0. The van der Waals surface area contributed by atoms with Gasteiger partial charge in [0.05, 0.1) is 0 Å². The highest BCUT2D eigenvalue weighted by Crippen LogP contribution is 2.34. The minimum atomic E-state index is 0.213. The summed E-state index contributed by atoms with van der Waals surface area (Å²) in [5.41, 5.74) is 9.25. The van der Waals surface area contributed by atoms with Crippen molar-refractivity contribution >= 4 is 23.5 Å². The van der Waals surface area contributed by atoms with E-state index in [4.69, 9.17) is 0 Å². The second kappa shape index (κ2) is 5.06. The number of hydrogen-bond acceptors (Lipinski definition) is 1. The van der Waals surface area contributed by atoms with Gasteiger partial charge in [-0.2, -0.15) is 0 Å². The molecule has 0 atom stereocenters. The van der Waals surface area contributed by atoms with Crippen LogP contribution in [0.15, 0.2) is 66.7 Å². The molecule has 0 saturated carbocycles. The molecule has 0 bridgehead atoms. The third kappa shape index (κ3) is 1.95. The summed E-state index contributed by atoms with van der Waals surface area (Å²) in [6.07, 6.45) is 0. The van der Waals surface area contributed by atoms with Crippen LogP contribution in [0, 0.1) is 13.8 Å². The van der Waals surface area contributed by atoms with Crippen LogP contribution in [0.1, 0.15) is 11.1 Å². The number of aryl methyl sites for hydroxylation is 1. The Bertz CT molecular complexity index is 840. The number of nitrogens with one attached hydrogen (secondary N) is 1. The Morgan fingerprint density at radius 2 is 1.45 bits per heavy atom. The molecule has 0 aromatic heterocycles. The first kappa shape index (κ1) is 13.2. The zero-order chi connectivity index (χ0) is 15.1. The van der Waals surface area contributed by atoms with Gasteiger partial charge < -0.3 is 5.23 Å². The maximum atomic E-state index is 3.78. The molecule has 0 saturated heterocycles. The molecule has 3 aromatic carbocycles. The van der Waals surface area contributed by atoms with E-state index in [0.29, 0.717) is 0 Å². The van der Waals surface area contributed by atoms with Gasteiger partial charge in [-0.25, -0.2) is 0 Å². The summed E-state index contributed by atoms with van der Waals surface area (Å²) in [4.78, 5) is 0. The van der Waals surface area contributed by atoms with Crippen LogP contribution < -0.4 is 16.2 Å². The summed E-state index contributed by atoms with van der Waals surface area (Å²) in [6, 6.07) is 23.9. The Labute approximate surface area is 132 Å². The Kier molecular flexibility index (Phi) is 3.04. The molecule has 1 nitrogen and oxygen atoms in total. The van der Waals surface area contributed by atoms with Crippen LogP contribution in [0.2, 0.25) is 0 Å². The van der Waals surface area contributed by atoms with Gasteiger partial charge in [0.1, 0.15) is 0 Å². The second-order valence-electron chi connectivity index (χ2n) is 6.01. The molecular formula is C20H18BN. The fourth-order valence-electron chi connectivity index (χ4n) is 3.35. The van der Waals surface area contributed by atoms with Gasteiger partial charge in [0.15, 0.2) is 0 Å².